The molecule has 0 amide bonds. The first kappa shape index (κ1) is 76.9. The highest BCUT2D eigenvalue weighted by atomic mass is 15.0. The summed E-state index contributed by atoms with van der Waals surface area (Å²) in [7, 11) is 0. The van der Waals surface area contributed by atoms with E-state index >= 15 is 0 Å². The Labute approximate surface area is 784 Å². The average Bonchev–Trinajstić information content (AvgIpc) is 1.69. The van der Waals surface area contributed by atoms with Crippen molar-refractivity contribution in [3.05, 3.63) is 497 Å². The first-order valence-corrected chi connectivity index (χ1v) is 47.1. The standard InChI is InChI=1S/C132H82N4/c1-6-29-83(30-7-1)88-63-59-84-61-65-93(76-95(84)74-88)129-111-48-23-44-101(91-68-71-108-105-41-16-19-56-123(105)133(127(108)79-91)97-33-8-2-9-34-97)119(111)81-120-102(45-24-49-112(120)129)92-69-72-110-109-70-67-90(78-126(109)134(128(110)80-92)98-35-10-3-11-36-98)87-32-22-31-86(73-87)89-64-60-85-62-66-94(77-96(85)75-89)130-113-50-25-46-103(115-52-27-54-117-106-42-17-20-57-124(106)135(131(115)117)99-37-12-4-13-38-99)121(113)82-122-104(47-26-51-114(122)130)116-53-28-55-118-107-43-18-21-58-125(107)136(132(116)118)100-39-14-5-15-40-100/h1-82H. The highest BCUT2D eigenvalue weighted by molar-refractivity contribution is 6.26. The van der Waals surface area contributed by atoms with Gasteiger partial charge in [0.25, 0.3) is 0 Å². The molecule has 0 aliphatic heterocycles. The molecular weight excluding hydrogens is 1640 g/mol. The number of benzene rings is 24. The van der Waals surface area contributed by atoms with Crippen molar-refractivity contribution >= 4 is 152 Å². The summed E-state index contributed by atoms with van der Waals surface area (Å²) in [4.78, 5) is 0. The third-order valence-electron chi connectivity index (χ3n) is 29.1. The summed E-state index contributed by atoms with van der Waals surface area (Å²) < 4.78 is 9.88. The van der Waals surface area contributed by atoms with Crippen LogP contribution >= 0.6 is 0 Å². The lowest BCUT2D eigenvalue weighted by Crippen LogP contribution is -1.97. The molecule has 0 atom stereocenters. The van der Waals surface area contributed by atoms with Crippen molar-refractivity contribution in [2.75, 3.05) is 0 Å². The van der Waals surface area contributed by atoms with Crippen LogP contribution in [0.15, 0.2) is 497 Å². The normalized spacial score (nSPS) is 12.0. The van der Waals surface area contributed by atoms with Crippen LogP contribution in [-0.2, 0) is 0 Å². The van der Waals surface area contributed by atoms with Gasteiger partial charge in [-0.1, -0.05) is 370 Å². The predicted octanol–water partition coefficient (Wildman–Crippen LogP) is 36.0. The van der Waals surface area contributed by atoms with Gasteiger partial charge in [0, 0.05) is 77.0 Å². The maximum atomic E-state index is 2.52. The Hall–Kier alpha value is -18.0. The lowest BCUT2D eigenvalue weighted by molar-refractivity contribution is 1.18. The smallest absolute Gasteiger partial charge is 0.0619 e. The molecule has 28 rings (SSSR count). The third kappa shape index (κ3) is 12.1. The number of para-hydroxylation sites is 9. The molecular formula is C132H82N4. The van der Waals surface area contributed by atoms with Crippen LogP contribution in [-0.4, -0.2) is 18.3 Å². The molecule has 0 radical (unpaired) electrons. The van der Waals surface area contributed by atoms with Crippen molar-refractivity contribution in [2.24, 2.45) is 0 Å². The van der Waals surface area contributed by atoms with Gasteiger partial charge < -0.3 is 18.3 Å². The SMILES string of the molecule is c1ccc(-c2ccc3ccc(-c4c5cccc(-c6ccc7c8ccccc8n(-c8ccccc8)c7c6)c5cc5c(-c6ccc7c8ccc(-c9cccc(-c%10ccc%11ccc(-c%12c%13cccc(-c%14cccc%15c%16ccccc%16n(-c%16ccccc%16)c%14%15)c%13cc%13c(-c%14cccc%15c%16ccccc%16n(-c%16ccccc%16)c%14%15)cccc%12%13)cc%11c%10)c9)cc8n(-c8ccccc8)c7c6)cccc45)cc3c2)cc1. The molecule has 0 bridgehead atoms. The van der Waals surface area contributed by atoms with Crippen LogP contribution in [0.25, 0.3) is 275 Å². The van der Waals surface area contributed by atoms with E-state index in [1.165, 1.54) is 202 Å². The summed E-state index contributed by atoms with van der Waals surface area (Å²) in [5, 5.41) is 24.1. The Morgan fingerprint density at radius 2 is 0.368 bits per heavy atom. The minimum absolute atomic E-state index is 1.10. The van der Waals surface area contributed by atoms with Crippen molar-refractivity contribution in [1.82, 2.24) is 18.3 Å². The Kier molecular flexibility index (Phi) is 17.4. The molecule has 0 saturated heterocycles. The van der Waals surface area contributed by atoms with Crippen molar-refractivity contribution in [2.45, 2.75) is 0 Å². The van der Waals surface area contributed by atoms with Gasteiger partial charge in [0.05, 0.1) is 44.1 Å². The summed E-state index contributed by atoms with van der Waals surface area (Å²) in [6.07, 6.45) is 0. The number of rotatable bonds is 13. The average molecular weight is 1720 g/mol. The van der Waals surface area contributed by atoms with E-state index in [9.17, 15) is 0 Å². The molecule has 0 aliphatic rings. The van der Waals surface area contributed by atoms with Gasteiger partial charge in [-0.15, -0.1) is 0 Å². The monoisotopic (exact) mass is 1720 g/mol. The molecule has 4 nitrogen and oxygen atoms in total. The van der Waals surface area contributed by atoms with Gasteiger partial charge in [-0.25, -0.2) is 0 Å². The first-order valence-electron chi connectivity index (χ1n) is 47.1. The van der Waals surface area contributed by atoms with Gasteiger partial charge in [-0.2, -0.15) is 0 Å². The zero-order valence-corrected chi connectivity index (χ0v) is 74.1. The molecule has 630 valence electrons. The molecule has 0 spiro atoms. The molecule has 136 heavy (non-hydrogen) atoms. The van der Waals surface area contributed by atoms with E-state index in [1.807, 2.05) is 0 Å². The van der Waals surface area contributed by atoms with Gasteiger partial charge in [0.2, 0.25) is 0 Å². The second-order valence-corrected chi connectivity index (χ2v) is 36.4. The number of hydrogen-bond donors (Lipinski definition) is 0. The summed E-state index contributed by atoms with van der Waals surface area (Å²) >= 11 is 0. The summed E-state index contributed by atoms with van der Waals surface area (Å²) in [5.41, 5.74) is 35.0. The molecule has 0 saturated carbocycles. The quantitative estimate of drug-likeness (QED) is 0.103. The number of nitrogens with zero attached hydrogens (tertiary/aromatic N) is 4. The van der Waals surface area contributed by atoms with E-state index < -0.39 is 0 Å². The molecule has 0 N–H and O–H groups in total. The molecule has 0 unspecified atom stereocenters. The van der Waals surface area contributed by atoms with Crippen molar-refractivity contribution in [3.8, 4) is 123 Å². The lowest BCUT2D eigenvalue weighted by atomic mass is 9.85. The minimum atomic E-state index is 1.10. The van der Waals surface area contributed by atoms with Crippen LogP contribution in [0.4, 0.5) is 0 Å². The maximum Gasteiger partial charge on any atom is 0.0619 e. The van der Waals surface area contributed by atoms with Gasteiger partial charge in [-0.3, -0.25) is 0 Å². The molecule has 0 aliphatic carbocycles. The van der Waals surface area contributed by atoms with Crippen LogP contribution in [0.2, 0.25) is 0 Å². The third-order valence-corrected chi connectivity index (χ3v) is 29.1. The van der Waals surface area contributed by atoms with Crippen molar-refractivity contribution in [3.63, 3.8) is 0 Å². The molecule has 4 aromatic heterocycles. The van der Waals surface area contributed by atoms with E-state index in [0.29, 0.717) is 0 Å². The van der Waals surface area contributed by atoms with Crippen LogP contribution in [0.3, 0.4) is 0 Å². The first-order chi connectivity index (χ1) is 67.5. The van der Waals surface area contributed by atoms with E-state index in [2.05, 4.69) is 516 Å². The van der Waals surface area contributed by atoms with E-state index in [0.717, 1.165) is 72.7 Å². The van der Waals surface area contributed by atoms with Gasteiger partial charge in [-0.05, 0) is 281 Å². The topological polar surface area (TPSA) is 19.7 Å². The van der Waals surface area contributed by atoms with Crippen molar-refractivity contribution < 1.29 is 0 Å². The Morgan fingerprint density at radius 3 is 0.794 bits per heavy atom. The van der Waals surface area contributed by atoms with Crippen LogP contribution in [0.1, 0.15) is 0 Å². The van der Waals surface area contributed by atoms with Crippen LogP contribution < -0.4 is 0 Å². The number of hydrogen-bond acceptors (Lipinski definition) is 0. The molecule has 4 heterocycles. The Bertz CT molecular complexity index is 9630. The molecule has 28 aromatic rings. The zero-order valence-electron chi connectivity index (χ0n) is 74.1. The van der Waals surface area contributed by atoms with Gasteiger partial charge in [0.15, 0.2) is 0 Å². The maximum absolute atomic E-state index is 2.52. The van der Waals surface area contributed by atoms with Gasteiger partial charge >= 0.3 is 0 Å². The predicted molar refractivity (Wildman–Crippen MR) is 578 cm³/mol. The van der Waals surface area contributed by atoms with Crippen LogP contribution in [0, 0.1) is 0 Å². The molecule has 4 heteroatoms. The fourth-order valence-corrected chi connectivity index (χ4v) is 23.0. The second kappa shape index (κ2) is 30.8. The number of fused-ring (bicyclic) bond motifs is 18. The fraction of sp³-hybridized carbons (Fsp3) is 0. The second-order valence-electron chi connectivity index (χ2n) is 36.4. The highest BCUT2D eigenvalue weighted by Crippen LogP contribution is 2.52. The Morgan fingerprint density at radius 1 is 0.110 bits per heavy atom. The lowest BCUT2D eigenvalue weighted by Gasteiger charge is -2.19. The summed E-state index contributed by atoms with van der Waals surface area (Å²) in [6, 6.07) is 186. The van der Waals surface area contributed by atoms with Crippen LogP contribution in [0.5, 0.6) is 0 Å². The fourth-order valence-electron chi connectivity index (χ4n) is 23.0. The number of aromatic nitrogens is 4. The zero-order chi connectivity index (χ0) is 89.2. The van der Waals surface area contributed by atoms with Crippen molar-refractivity contribution in [1.29, 1.82) is 0 Å². The molecule has 24 aromatic carbocycles. The van der Waals surface area contributed by atoms with E-state index in [-0.39, 0.29) is 0 Å². The Balaban J connectivity index is 0.590. The van der Waals surface area contributed by atoms with Gasteiger partial charge in [0.1, 0.15) is 0 Å². The van der Waals surface area contributed by atoms with E-state index in [4.69, 9.17) is 0 Å². The van der Waals surface area contributed by atoms with E-state index in [1.54, 1.807) is 0 Å². The highest BCUT2D eigenvalue weighted by Gasteiger charge is 2.27. The summed E-state index contributed by atoms with van der Waals surface area (Å²) in [5.74, 6) is 0. The molecule has 0 fully saturated rings. The minimum Gasteiger partial charge on any atom is -0.309 e. The largest absolute Gasteiger partial charge is 0.309 e. The summed E-state index contributed by atoms with van der Waals surface area (Å²) in [6.45, 7) is 0.